The molecule has 1 fully saturated rings. The van der Waals surface area contributed by atoms with Crippen LogP contribution in [0.3, 0.4) is 0 Å². The van der Waals surface area contributed by atoms with Gasteiger partial charge in [-0.3, -0.25) is 4.79 Å². The summed E-state index contributed by atoms with van der Waals surface area (Å²) >= 11 is 0. The summed E-state index contributed by atoms with van der Waals surface area (Å²) in [4.78, 5) is 23.2. The van der Waals surface area contributed by atoms with E-state index in [4.69, 9.17) is 9.47 Å². The molecule has 0 heterocycles. The minimum absolute atomic E-state index is 0.336. The van der Waals surface area contributed by atoms with Gasteiger partial charge in [0.1, 0.15) is 5.75 Å². The van der Waals surface area contributed by atoms with Crippen molar-refractivity contribution in [1.82, 2.24) is 0 Å². The first-order chi connectivity index (χ1) is 10.0. The predicted molar refractivity (Wildman–Crippen MR) is 79.7 cm³/mol. The van der Waals surface area contributed by atoms with E-state index in [0.29, 0.717) is 17.2 Å². The maximum atomic E-state index is 11.9. The fourth-order valence-electron chi connectivity index (χ4n) is 3.00. The van der Waals surface area contributed by atoms with Gasteiger partial charge < -0.3 is 9.47 Å². The van der Waals surface area contributed by atoms with Crippen molar-refractivity contribution in [3.63, 3.8) is 0 Å². The highest BCUT2D eigenvalue weighted by molar-refractivity contribution is 5.91. The van der Waals surface area contributed by atoms with Gasteiger partial charge in [-0.25, -0.2) is 4.79 Å². The molecule has 4 heteroatoms. The molecule has 0 N–H and O–H groups in total. The van der Waals surface area contributed by atoms with E-state index in [0.717, 1.165) is 24.0 Å². The second kappa shape index (κ2) is 6.74. The van der Waals surface area contributed by atoms with E-state index in [-0.39, 0.29) is 11.9 Å². The third kappa shape index (κ3) is 3.63. The first kappa shape index (κ1) is 15.5. The summed E-state index contributed by atoms with van der Waals surface area (Å²) in [6, 6.07) is 3.62. The SMILES string of the molecule is COC(=O)c1cc(C2CCCCC2)c(OC(C)=O)cc1C. The summed E-state index contributed by atoms with van der Waals surface area (Å²) in [7, 11) is 1.38. The quantitative estimate of drug-likeness (QED) is 0.628. The molecule has 0 aromatic heterocycles. The zero-order valence-corrected chi connectivity index (χ0v) is 12.9. The van der Waals surface area contributed by atoms with Crippen LogP contribution in [0, 0.1) is 6.92 Å². The number of carbonyl (C=O) groups excluding carboxylic acids is 2. The summed E-state index contributed by atoms with van der Waals surface area (Å²) in [6.07, 6.45) is 5.72. The van der Waals surface area contributed by atoms with E-state index in [9.17, 15) is 9.59 Å². The van der Waals surface area contributed by atoms with E-state index >= 15 is 0 Å². The molecule has 4 nitrogen and oxygen atoms in total. The number of benzene rings is 1. The number of esters is 2. The van der Waals surface area contributed by atoms with Crippen LogP contribution in [-0.2, 0) is 9.53 Å². The van der Waals surface area contributed by atoms with Crippen LogP contribution in [-0.4, -0.2) is 19.0 Å². The normalized spacial score (nSPS) is 15.6. The highest BCUT2D eigenvalue weighted by Gasteiger charge is 2.23. The number of methoxy groups -OCH3 is 1. The van der Waals surface area contributed by atoms with Crippen molar-refractivity contribution >= 4 is 11.9 Å². The molecule has 1 aromatic carbocycles. The van der Waals surface area contributed by atoms with E-state index in [2.05, 4.69) is 0 Å². The van der Waals surface area contributed by atoms with Crippen LogP contribution < -0.4 is 4.74 Å². The average molecular weight is 290 g/mol. The number of aryl methyl sites for hydroxylation is 1. The van der Waals surface area contributed by atoms with Gasteiger partial charge >= 0.3 is 11.9 Å². The maximum Gasteiger partial charge on any atom is 0.338 e. The van der Waals surface area contributed by atoms with Crippen LogP contribution in [0.2, 0.25) is 0 Å². The Morgan fingerprint density at radius 2 is 1.81 bits per heavy atom. The lowest BCUT2D eigenvalue weighted by Gasteiger charge is -2.24. The zero-order chi connectivity index (χ0) is 15.4. The molecule has 114 valence electrons. The van der Waals surface area contributed by atoms with Gasteiger partial charge in [0.05, 0.1) is 12.7 Å². The second-order valence-corrected chi connectivity index (χ2v) is 5.63. The van der Waals surface area contributed by atoms with Crippen molar-refractivity contribution in [2.24, 2.45) is 0 Å². The lowest BCUT2D eigenvalue weighted by atomic mass is 9.82. The van der Waals surface area contributed by atoms with E-state index in [1.807, 2.05) is 13.0 Å². The molecule has 1 aromatic rings. The molecule has 21 heavy (non-hydrogen) atoms. The number of carbonyl (C=O) groups is 2. The van der Waals surface area contributed by atoms with Crippen LogP contribution in [0.4, 0.5) is 0 Å². The third-order valence-corrected chi connectivity index (χ3v) is 4.06. The maximum absolute atomic E-state index is 11.9. The molecule has 0 saturated heterocycles. The fourth-order valence-corrected chi connectivity index (χ4v) is 3.00. The van der Waals surface area contributed by atoms with Crippen LogP contribution >= 0.6 is 0 Å². The van der Waals surface area contributed by atoms with Crippen molar-refractivity contribution in [3.05, 3.63) is 28.8 Å². The summed E-state index contributed by atoms with van der Waals surface area (Å²) < 4.78 is 10.2. The fraction of sp³-hybridized carbons (Fsp3) is 0.529. The Labute approximate surface area is 125 Å². The Morgan fingerprint density at radius 1 is 1.14 bits per heavy atom. The number of ether oxygens (including phenoxy) is 2. The van der Waals surface area contributed by atoms with Crippen molar-refractivity contribution < 1.29 is 19.1 Å². The largest absolute Gasteiger partial charge is 0.465 e. The summed E-state index contributed by atoms with van der Waals surface area (Å²) in [5.74, 6) is 0.243. The Morgan fingerprint density at radius 3 is 2.38 bits per heavy atom. The van der Waals surface area contributed by atoms with Crippen LogP contribution in [0.1, 0.15) is 66.4 Å². The summed E-state index contributed by atoms with van der Waals surface area (Å²) in [5.41, 5.74) is 2.27. The van der Waals surface area contributed by atoms with Crippen LogP contribution in [0.25, 0.3) is 0 Å². The predicted octanol–water partition coefficient (Wildman–Crippen LogP) is 3.75. The molecular formula is C17H22O4. The molecule has 0 atom stereocenters. The molecule has 0 amide bonds. The standard InChI is InChI=1S/C17H22O4/c1-11-9-16(21-12(2)18)15(10-14(11)17(19)20-3)13-7-5-4-6-8-13/h9-10,13H,4-8H2,1-3H3. The lowest BCUT2D eigenvalue weighted by Crippen LogP contribution is -2.13. The van der Waals surface area contributed by atoms with Gasteiger partial charge in [0.15, 0.2) is 0 Å². The van der Waals surface area contributed by atoms with Gasteiger partial charge in [-0.2, -0.15) is 0 Å². The number of rotatable bonds is 3. The third-order valence-electron chi connectivity index (χ3n) is 4.06. The minimum Gasteiger partial charge on any atom is -0.465 e. The van der Waals surface area contributed by atoms with Crippen LogP contribution in [0.15, 0.2) is 12.1 Å². The summed E-state index contributed by atoms with van der Waals surface area (Å²) in [6.45, 7) is 3.22. The molecule has 0 bridgehead atoms. The van der Waals surface area contributed by atoms with Gasteiger partial charge in [-0.05, 0) is 48.9 Å². The lowest BCUT2D eigenvalue weighted by molar-refractivity contribution is -0.131. The minimum atomic E-state index is -0.348. The first-order valence-corrected chi connectivity index (χ1v) is 7.44. The molecule has 2 rings (SSSR count). The molecule has 0 unspecified atom stereocenters. The smallest absolute Gasteiger partial charge is 0.338 e. The topological polar surface area (TPSA) is 52.6 Å². The number of hydrogen-bond acceptors (Lipinski definition) is 4. The highest BCUT2D eigenvalue weighted by atomic mass is 16.5. The van der Waals surface area contributed by atoms with E-state index < -0.39 is 0 Å². The molecule has 0 radical (unpaired) electrons. The average Bonchev–Trinajstić information content (AvgIpc) is 2.47. The van der Waals surface area contributed by atoms with Gasteiger partial charge in [-0.15, -0.1) is 0 Å². The molecular weight excluding hydrogens is 268 g/mol. The molecule has 1 aliphatic carbocycles. The summed E-state index contributed by atoms with van der Waals surface area (Å²) in [5, 5.41) is 0. The van der Waals surface area contributed by atoms with Crippen molar-refractivity contribution in [1.29, 1.82) is 0 Å². The van der Waals surface area contributed by atoms with Gasteiger partial charge in [0.25, 0.3) is 0 Å². The monoisotopic (exact) mass is 290 g/mol. The van der Waals surface area contributed by atoms with E-state index in [1.165, 1.54) is 33.3 Å². The second-order valence-electron chi connectivity index (χ2n) is 5.63. The molecule has 0 spiro atoms. The van der Waals surface area contributed by atoms with Crippen molar-refractivity contribution in [2.75, 3.05) is 7.11 Å². The number of hydrogen-bond donors (Lipinski definition) is 0. The van der Waals surface area contributed by atoms with Gasteiger partial charge in [0, 0.05) is 6.92 Å². The highest BCUT2D eigenvalue weighted by Crippen LogP contribution is 2.39. The molecule has 1 saturated carbocycles. The molecule has 1 aliphatic rings. The van der Waals surface area contributed by atoms with E-state index in [1.54, 1.807) is 6.07 Å². The Balaban J connectivity index is 2.45. The first-order valence-electron chi connectivity index (χ1n) is 7.44. The zero-order valence-electron chi connectivity index (χ0n) is 12.9. The Bertz CT molecular complexity index is 542. The molecule has 0 aliphatic heterocycles. The van der Waals surface area contributed by atoms with Gasteiger partial charge in [0.2, 0.25) is 0 Å². The van der Waals surface area contributed by atoms with Crippen molar-refractivity contribution in [2.45, 2.75) is 51.9 Å². The van der Waals surface area contributed by atoms with Crippen LogP contribution in [0.5, 0.6) is 5.75 Å². The van der Waals surface area contributed by atoms with Gasteiger partial charge in [-0.1, -0.05) is 19.3 Å². The van der Waals surface area contributed by atoms with Crippen molar-refractivity contribution in [3.8, 4) is 5.75 Å². The Hall–Kier alpha value is -1.84. The Kier molecular flexibility index (Phi) is 4.99.